The highest BCUT2D eigenvalue weighted by Gasteiger charge is 2.38. The number of hydrogen-bond donors (Lipinski definition) is 3. The normalized spacial score (nSPS) is 23.3. The molecule has 2 atom stereocenters. The third kappa shape index (κ3) is 3.31. The lowest BCUT2D eigenvalue weighted by molar-refractivity contribution is -0.141. The molecule has 1 fully saturated rings. The second-order valence-electron chi connectivity index (χ2n) is 3.63. The third-order valence-corrected chi connectivity index (χ3v) is 2.44. The number of aliphatic hydroxyl groups excluding tert-OH is 1. The molecule has 0 aliphatic carbocycles. The topological polar surface area (TPSA) is 116 Å². The van der Waals surface area contributed by atoms with Gasteiger partial charge in [0.25, 0.3) is 0 Å². The molecule has 1 heterocycles. The van der Waals surface area contributed by atoms with Crippen molar-refractivity contribution in [2.45, 2.75) is 18.6 Å². The molecule has 0 unspecified atom stereocenters. The fourth-order valence-electron chi connectivity index (χ4n) is 1.59. The van der Waals surface area contributed by atoms with E-state index >= 15 is 0 Å². The van der Waals surface area contributed by atoms with Gasteiger partial charge in [0, 0.05) is 13.0 Å². The number of carboxylic acids is 1. The average Bonchev–Trinajstić information content (AvgIpc) is 2.67. The van der Waals surface area contributed by atoms with Crippen molar-refractivity contribution >= 4 is 18.0 Å². The van der Waals surface area contributed by atoms with Crippen LogP contribution in [0.2, 0.25) is 0 Å². The maximum Gasteiger partial charge on any atom is 0.326 e. The Labute approximate surface area is 97.1 Å². The minimum absolute atomic E-state index is 0.0129. The van der Waals surface area contributed by atoms with Crippen LogP contribution in [0.5, 0.6) is 0 Å². The summed E-state index contributed by atoms with van der Waals surface area (Å²) in [6.07, 6.45) is -0.874. The standard InChI is InChI=1S/C9H14N2O6/c1-17-7(13)3-10-9(16)11-4-5(12)2-6(11)8(14)15/h5-6,12H,2-4H2,1H3,(H,10,16)(H,14,15)/t5-,6+/m1/s1. The zero-order valence-corrected chi connectivity index (χ0v) is 9.25. The molecular weight excluding hydrogens is 232 g/mol. The summed E-state index contributed by atoms with van der Waals surface area (Å²) in [4.78, 5) is 34.2. The number of urea groups is 1. The van der Waals surface area contributed by atoms with Gasteiger partial charge in [-0.3, -0.25) is 4.79 Å². The Bertz CT molecular complexity index is 331. The maximum absolute atomic E-state index is 11.6. The van der Waals surface area contributed by atoms with Crippen LogP contribution in [-0.2, 0) is 14.3 Å². The predicted octanol–water partition coefficient (Wildman–Crippen LogP) is -1.61. The number of carbonyl (C=O) groups is 3. The highest BCUT2D eigenvalue weighted by atomic mass is 16.5. The summed E-state index contributed by atoms with van der Waals surface area (Å²) in [6, 6.07) is -1.78. The third-order valence-electron chi connectivity index (χ3n) is 2.44. The van der Waals surface area contributed by atoms with Crippen LogP contribution in [0.15, 0.2) is 0 Å². The Morgan fingerprint density at radius 1 is 1.47 bits per heavy atom. The van der Waals surface area contributed by atoms with E-state index in [2.05, 4.69) is 10.1 Å². The molecule has 1 saturated heterocycles. The average molecular weight is 246 g/mol. The molecule has 96 valence electrons. The van der Waals surface area contributed by atoms with E-state index < -0.39 is 30.1 Å². The molecule has 17 heavy (non-hydrogen) atoms. The summed E-state index contributed by atoms with van der Waals surface area (Å²) in [5, 5.41) is 20.4. The summed E-state index contributed by atoms with van der Waals surface area (Å²) in [5.74, 6) is -1.82. The highest BCUT2D eigenvalue weighted by molar-refractivity contribution is 5.85. The molecule has 0 radical (unpaired) electrons. The molecule has 0 spiro atoms. The molecule has 1 aliphatic rings. The van der Waals surface area contributed by atoms with Crippen molar-refractivity contribution in [3.05, 3.63) is 0 Å². The first kappa shape index (κ1) is 13.2. The summed E-state index contributed by atoms with van der Waals surface area (Å²) in [5.41, 5.74) is 0. The molecule has 0 aromatic carbocycles. The number of β-amino-alcohol motifs (C(OH)–C–C–N with tert-alkyl or cyclic N) is 1. The number of aliphatic carboxylic acids is 1. The molecule has 0 bridgehead atoms. The minimum Gasteiger partial charge on any atom is -0.480 e. The Kier molecular flexibility index (Phi) is 4.27. The number of hydrogen-bond acceptors (Lipinski definition) is 5. The van der Waals surface area contributed by atoms with Crippen molar-refractivity contribution in [3.8, 4) is 0 Å². The molecule has 0 saturated carbocycles. The van der Waals surface area contributed by atoms with Crippen LogP contribution in [0.1, 0.15) is 6.42 Å². The molecular formula is C9H14N2O6. The first-order chi connectivity index (χ1) is 7.95. The number of likely N-dealkylation sites (tertiary alicyclic amines) is 1. The predicted molar refractivity (Wildman–Crippen MR) is 54.2 cm³/mol. The van der Waals surface area contributed by atoms with Crippen molar-refractivity contribution in [1.82, 2.24) is 10.2 Å². The Morgan fingerprint density at radius 2 is 2.12 bits per heavy atom. The van der Waals surface area contributed by atoms with Gasteiger partial charge < -0.3 is 25.2 Å². The van der Waals surface area contributed by atoms with Gasteiger partial charge in [-0.05, 0) is 0 Å². The van der Waals surface area contributed by atoms with Crippen molar-refractivity contribution in [2.75, 3.05) is 20.2 Å². The zero-order valence-electron chi connectivity index (χ0n) is 9.25. The number of rotatable bonds is 3. The number of ether oxygens (including phenoxy) is 1. The molecule has 8 nitrogen and oxygen atoms in total. The Hall–Kier alpha value is -1.83. The largest absolute Gasteiger partial charge is 0.480 e. The van der Waals surface area contributed by atoms with Gasteiger partial charge in [0.2, 0.25) is 0 Å². The number of amides is 2. The number of carboxylic acid groups (broad SMARTS) is 1. The number of methoxy groups -OCH3 is 1. The lowest BCUT2D eigenvalue weighted by Crippen LogP contribution is -2.47. The number of nitrogens with one attached hydrogen (secondary N) is 1. The van der Waals surface area contributed by atoms with Gasteiger partial charge in [-0.25, -0.2) is 9.59 Å². The van der Waals surface area contributed by atoms with Crippen molar-refractivity contribution < 1.29 is 29.3 Å². The van der Waals surface area contributed by atoms with Crippen molar-refractivity contribution in [3.63, 3.8) is 0 Å². The molecule has 0 aromatic heterocycles. The summed E-state index contributed by atoms with van der Waals surface area (Å²) in [6.45, 7) is -0.405. The van der Waals surface area contributed by atoms with Crippen molar-refractivity contribution in [2.24, 2.45) is 0 Å². The molecule has 8 heteroatoms. The van der Waals surface area contributed by atoms with E-state index in [1.807, 2.05) is 0 Å². The first-order valence-electron chi connectivity index (χ1n) is 4.98. The molecule has 0 aromatic rings. The fraction of sp³-hybridized carbons (Fsp3) is 0.667. The van der Waals surface area contributed by atoms with E-state index in [4.69, 9.17) is 5.11 Å². The van der Waals surface area contributed by atoms with Gasteiger partial charge >= 0.3 is 18.0 Å². The van der Waals surface area contributed by atoms with E-state index in [0.29, 0.717) is 0 Å². The Morgan fingerprint density at radius 3 is 2.65 bits per heavy atom. The second-order valence-corrected chi connectivity index (χ2v) is 3.63. The van der Waals surface area contributed by atoms with Crippen LogP contribution in [0.25, 0.3) is 0 Å². The van der Waals surface area contributed by atoms with Gasteiger partial charge in [-0.15, -0.1) is 0 Å². The summed E-state index contributed by atoms with van der Waals surface area (Å²) < 4.78 is 4.32. The quantitative estimate of drug-likeness (QED) is 0.516. The van der Waals surface area contributed by atoms with Crippen LogP contribution < -0.4 is 5.32 Å². The molecule has 3 N–H and O–H groups in total. The second kappa shape index (κ2) is 5.48. The van der Waals surface area contributed by atoms with E-state index in [-0.39, 0.29) is 19.5 Å². The van der Waals surface area contributed by atoms with Crippen LogP contribution in [0, 0.1) is 0 Å². The minimum atomic E-state index is -1.19. The molecule has 1 rings (SSSR count). The van der Waals surface area contributed by atoms with Crippen LogP contribution in [0.3, 0.4) is 0 Å². The van der Waals surface area contributed by atoms with E-state index in [1.165, 1.54) is 7.11 Å². The first-order valence-corrected chi connectivity index (χ1v) is 4.98. The lowest BCUT2D eigenvalue weighted by Gasteiger charge is -2.21. The Balaban J connectivity index is 2.55. The van der Waals surface area contributed by atoms with E-state index in [1.54, 1.807) is 0 Å². The van der Waals surface area contributed by atoms with E-state index in [0.717, 1.165) is 4.90 Å². The van der Waals surface area contributed by atoms with E-state index in [9.17, 15) is 19.5 Å². The lowest BCUT2D eigenvalue weighted by atomic mass is 10.2. The van der Waals surface area contributed by atoms with Crippen molar-refractivity contribution in [1.29, 1.82) is 0 Å². The van der Waals surface area contributed by atoms with Gasteiger partial charge in [0.15, 0.2) is 0 Å². The number of nitrogens with zero attached hydrogens (tertiary/aromatic N) is 1. The van der Waals surface area contributed by atoms with Gasteiger partial charge in [0.1, 0.15) is 12.6 Å². The van der Waals surface area contributed by atoms with Gasteiger partial charge in [-0.1, -0.05) is 0 Å². The monoisotopic (exact) mass is 246 g/mol. The number of esters is 1. The van der Waals surface area contributed by atoms with Gasteiger partial charge in [0.05, 0.1) is 13.2 Å². The molecule has 1 aliphatic heterocycles. The smallest absolute Gasteiger partial charge is 0.326 e. The van der Waals surface area contributed by atoms with Gasteiger partial charge in [-0.2, -0.15) is 0 Å². The SMILES string of the molecule is COC(=O)CNC(=O)N1C[C@H](O)C[C@H]1C(=O)O. The molecule has 2 amide bonds. The summed E-state index contributed by atoms with van der Waals surface area (Å²) >= 11 is 0. The van der Waals surface area contributed by atoms with Crippen LogP contribution >= 0.6 is 0 Å². The number of carbonyl (C=O) groups excluding carboxylic acids is 2. The van der Waals surface area contributed by atoms with Crippen LogP contribution in [0.4, 0.5) is 4.79 Å². The maximum atomic E-state index is 11.6. The fourth-order valence-corrected chi connectivity index (χ4v) is 1.59. The van der Waals surface area contributed by atoms with Crippen LogP contribution in [-0.4, -0.2) is 65.4 Å². The zero-order chi connectivity index (χ0) is 13.0. The number of aliphatic hydroxyl groups is 1. The highest BCUT2D eigenvalue weighted by Crippen LogP contribution is 2.17. The summed E-state index contributed by atoms with van der Waals surface area (Å²) in [7, 11) is 1.17.